The second kappa shape index (κ2) is 4.53. The molecule has 0 amide bonds. The summed E-state index contributed by atoms with van der Waals surface area (Å²) in [6.45, 7) is 3.42. The lowest BCUT2D eigenvalue weighted by Crippen LogP contribution is -2.08. The van der Waals surface area contributed by atoms with E-state index >= 15 is 0 Å². The second-order valence-corrected chi connectivity index (χ2v) is 3.79. The molecule has 0 heterocycles. The Morgan fingerprint density at radius 3 is 2.60 bits per heavy atom. The number of ether oxygens (including phenoxy) is 1. The fourth-order valence-electron chi connectivity index (χ4n) is 1.33. The van der Waals surface area contributed by atoms with Crippen molar-refractivity contribution in [1.29, 1.82) is 0 Å². The molecular formula is C11H13ClO3. The first-order chi connectivity index (χ1) is 6.97. The van der Waals surface area contributed by atoms with Crippen LogP contribution in [0.4, 0.5) is 0 Å². The van der Waals surface area contributed by atoms with Gasteiger partial charge in [0, 0.05) is 5.02 Å². The molecule has 0 saturated carbocycles. The molecule has 0 aromatic heterocycles. The molecule has 0 aliphatic carbocycles. The number of carboxylic acids is 1. The van der Waals surface area contributed by atoms with Gasteiger partial charge >= 0.3 is 5.97 Å². The van der Waals surface area contributed by atoms with Crippen LogP contribution in [0.2, 0.25) is 5.02 Å². The SMILES string of the molecule is COc1cc(C)c(Cl)c(C(C)C(=O)O)c1. The van der Waals surface area contributed by atoms with Crippen molar-refractivity contribution in [2.75, 3.05) is 7.11 Å². The van der Waals surface area contributed by atoms with Crippen molar-refractivity contribution in [3.8, 4) is 5.75 Å². The molecule has 1 atom stereocenters. The first kappa shape index (κ1) is 11.9. The van der Waals surface area contributed by atoms with E-state index in [1.165, 1.54) is 7.11 Å². The summed E-state index contributed by atoms with van der Waals surface area (Å²) in [6.07, 6.45) is 0. The molecule has 0 aliphatic heterocycles. The molecule has 82 valence electrons. The molecule has 1 rings (SSSR count). The van der Waals surface area contributed by atoms with E-state index in [1.807, 2.05) is 6.92 Å². The topological polar surface area (TPSA) is 46.5 Å². The molecular weight excluding hydrogens is 216 g/mol. The third kappa shape index (κ3) is 2.42. The smallest absolute Gasteiger partial charge is 0.310 e. The van der Waals surface area contributed by atoms with Crippen LogP contribution in [0.5, 0.6) is 5.75 Å². The zero-order valence-corrected chi connectivity index (χ0v) is 9.63. The molecule has 3 nitrogen and oxygen atoms in total. The van der Waals surface area contributed by atoms with Crippen LogP contribution in [0, 0.1) is 6.92 Å². The van der Waals surface area contributed by atoms with E-state index < -0.39 is 11.9 Å². The molecule has 1 aromatic carbocycles. The first-order valence-corrected chi connectivity index (χ1v) is 4.92. The minimum absolute atomic E-state index is 0.491. The molecule has 4 heteroatoms. The summed E-state index contributed by atoms with van der Waals surface area (Å²) in [7, 11) is 1.54. The van der Waals surface area contributed by atoms with Gasteiger partial charge in [-0.1, -0.05) is 11.6 Å². The van der Waals surface area contributed by atoms with Crippen LogP contribution < -0.4 is 4.74 Å². The van der Waals surface area contributed by atoms with Crippen LogP contribution in [0.15, 0.2) is 12.1 Å². The molecule has 0 radical (unpaired) electrons. The highest BCUT2D eigenvalue weighted by Crippen LogP contribution is 2.31. The lowest BCUT2D eigenvalue weighted by Gasteiger charge is -2.13. The van der Waals surface area contributed by atoms with Gasteiger partial charge in [-0.3, -0.25) is 4.79 Å². The van der Waals surface area contributed by atoms with Crippen molar-refractivity contribution in [1.82, 2.24) is 0 Å². The molecule has 1 aromatic rings. The Morgan fingerprint density at radius 2 is 2.13 bits per heavy atom. The zero-order chi connectivity index (χ0) is 11.6. The number of methoxy groups -OCH3 is 1. The maximum Gasteiger partial charge on any atom is 0.310 e. The Labute approximate surface area is 93.6 Å². The summed E-state index contributed by atoms with van der Waals surface area (Å²) < 4.78 is 5.07. The Hall–Kier alpha value is -1.22. The maximum atomic E-state index is 10.9. The highest BCUT2D eigenvalue weighted by atomic mass is 35.5. The summed E-state index contributed by atoms with van der Waals surface area (Å²) in [5.41, 5.74) is 1.40. The van der Waals surface area contributed by atoms with Crippen molar-refractivity contribution >= 4 is 17.6 Å². The number of aliphatic carboxylic acids is 1. The number of carbonyl (C=O) groups is 1. The first-order valence-electron chi connectivity index (χ1n) is 4.54. The Bertz CT molecular complexity index is 388. The molecule has 1 N–H and O–H groups in total. The molecule has 0 saturated heterocycles. The summed E-state index contributed by atoms with van der Waals surface area (Å²) in [5.74, 6) is -0.907. The number of aryl methyl sites for hydroxylation is 1. The van der Waals surface area contributed by atoms with Gasteiger partial charge in [0.1, 0.15) is 5.75 Å². The van der Waals surface area contributed by atoms with E-state index in [4.69, 9.17) is 21.4 Å². The third-order valence-corrected chi connectivity index (χ3v) is 2.85. The van der Waals surface area contributed by atoms with Crippen LogP contribution in [-0.2, 0) is 4.79 Å². The normalized spacial score (nSPS) is 12.3. The van der Waals surface area contributed by atoms with Gasteiger partial charge in [-0.15, -0.1) is 0 Å². The van der Waals surface area contributed by atoms with Crippen molar-refractivity contribution in [3.05, 3.63) is 28.3 Å². The molecule has 1 unspecified atom stereocenters. The van der Waals surface area contributed by atoms with Crippen LogP contribution in [0.1, 0.15) is 24.0 Å². The van der Waals surface area contributed by atoms with Crippen molar-refractivity contribution in [3.63, 3.8) is 0 Å². The number of hydrogen-bond donors (Lipinski definition) is 1. The number of halogens is 1. The lowest BCUT2D eigenvalue weighted by molar-refractivity contribution is -0.138. The van der Waals surface area contributed by atoms with Crippen LogP contribution in [-0.4, -0.2) is 18.2 Å². The largest absolute Gasteiger partial charge is 0.497 e. The van der Waals surface area contributed by atoms with Gasteiger partial charge in [-0.05, 0) is 37.1 Å². The van der Waals surface area contributed by atoms with E-state index in [0.717, 1.165) is 5.56 Å². The van der Waals surface area contributed by atoms with E-state index in [-0.39, 0.29) is 0 Å². The molecule has 0 bridgehead atoms. The van der Waals surface area contributed by atoms with Crippen LogP contribution in [0.25, 0.3) is 0 Å². The number of rotatable bonds is 3. The lowest BCUT2D eigenvalue weighted by atomic mass is 9.99. The summed E-state index contributed by atoms with van der Waals surface area (Å²) in [5, 5.41) is 9.41. The summed E-state index contributed by atoms with van der Waals surface area (Å²) in [4.78, 5) is 10.9. The van der Waals surface area contributed by atoms with Gasteiger partial charge in [-0.25, -0.2) is 0 Å². The molecule has 0 aliphatic rings. The Kier molecular flexibility index (Phi) is 3.58. The average Bonchev–Trinajstić information content (AvgIpc) is 2.20. The third-order valence-electron chi connectivity index (χ3n) is 2.33. The highest BCUT2D eigenvalue weighted by molar-refractivity contribution is 6.32. The maximum absolute atomic E-state index is 10.9. The van der Waals surface area contributed by atoms with Gasteiger partial charge in [-0.2, -0.15) is 0 Å². The quantitative estimate of drug-likeness (QED) is 0.865. The zero-order valence-electron chi connectivity index (χ0n) is 8.87. The fraction of sp³-hybridized carbons (Fsp3) is 0.364. The van der Waals surface area contributed by atoms with Gasteiger partial charge in [0.2, 0.25) is 0 Å². The monoisotopic (exact) mass is 228 g/mol. The fourth-order valence-corrected chi connectivity index (χ4v) is 1.60. The average molecular weight is 229 g/mol. The Morgan fingerprint density at radius 1 is 1.53 bits per heavy atom. The van der Waals surface area contributed by atoms with Crippen molar-refractivity contribution < 1.29 is 14.6 Å². The van der Waals surface area contributed by atoms with Crippen molar-refractivity contribution in [2.24, 2.45) is 0 Å². The van der Waals surface area contributed by atoms with Crippen molar-refractivity contribution in [2.45, 2.75) is 19.8 Å². The summed E-state index contributed by atoms with van der Waals surface area (Å²) >= 11 is 6.04. The predicted molar refractivity (Wildman–Crippen MR) is 58.8 cm³/mol. The molecule has 15 heavy (non-hydrogen) atoms. The highest BCUT2D eigenvalue weighted by Gasteiger charge is 2.19. The molecule has 0 fully saturated rings. The predicted octanol–water partition coefficient (Wildman–Crippen LogP) is 2.85. The minimum Gasteiger partial charge on any atom is -0.497 e. The molecule has 0 spiro atoms. The minimum atomic E-state index is -0.899. The van der Waals surface area contributed by atoms with Crippen LogP contribution in [0.3, 0.4) is 0 Å². The standard InChI is InChI=1S/C11H13ClO3/c1-6-4-8(15-3)5-9(10(6)12)7(2)11(13)14/h4-5,7H,1-3H3,(H,13,14). The number of carboxylic acid groups (broad SMARTS) is 1. The van der Waals surface area contributed by atoms with E-state index in [2.05, 4.69) is 0 Å². The number of hydrogen-bond acceptors (Lipinski definition) is 2. The van der Waals surface area contributed by atoms with Gasteiger partial charge in [0.15, 0.2) is 0 Å². The Balaban J connectivity index is 3.27. The second-order valence-electron chi connectivity index (χ2n) is 3.41. The van der Waals surface area contributed by atoms with Gasteiger partial charge in [0.25, 0.3) is 0 Å². The summed E-state index contributed by atoms with van der Waals surface area (Å²) in [6, 6.07) is 3.44. The van der Waals surface area contributed by atoms with Crippen LogP contribution >= 0.6 is 11.6 Å². The van der Waals surface area contributed by atoms with E-state index in [9.17, 15) is 4.79 Å². The van der Waals surface area contributed by atoms with Gasteiger partial charge in [0.05, 0.1) is 13.0 Å². The number of benzene rings is 1. The van der Waals surface area contributed by atoms with E-state index in [0.29, 0.717) is 16.3 Å². The van der Waals surface area contributed by atoms with Gasteiger partial charge < -0.3 is 9.84 Å². The van der Waals surface area contributed by atoms with E-state index in [1.54, 1.807) is 19.1 Å².